The summed E-state index contributed by atoms with van der Waals surface area (Å²) < 4.78 is 9.84. The molecule has 0 fully saturated rings. The number of hydrogen-bond donors (Lipinski definition) is 1. The lowest BCUT2D eigenvalue weighted by Crippen LogP contribution is -2.00. The molecule has 0 spiro atoms. The molecular weight excluding hydrogens is 196 g/mol. The highest BCUT2D eigenvalue weighted by molar-refractivity contribution is 5.84. The van der Waals surface area contributed by atoms with Crippen molar-refractivity contribution in [2.75, 3.05) is 7.11 Å². The van der Waals surface area contributed by atoms with Crippen LogP contribution in [0.1, 0.15) is 5.76 Å². The van der Waals surface area contributed by atoms with Crippen molar-refractivity contribution < 1.29 is 14.3 Å². The molecular formula is C11H10O4. The first kappa shape index (κ1) is 9.58. The van der Waals surface area contributed by atoms with Gasteiger partial charge in [-0.25, -0.2) is 4.79 Å². The van der Waals surface area contributed by atoms with E-state index < -0.39 is 5.63 Å². The second-order valence-electron chi connectivity index (χ2n) is 3.26. The van der Waals surface area contributed by atoms with Crippen molar-refractivity contribution in [3.8, 4) is 11.5 Å². The minimum Gasteiger partial charge on any atom is -0.504 e. The zero-order valence-electron chi connectivity index (χ0n) is 8.40. The molecule has 0 bridgehead atoms. The molecule has 0 unspecified atom stereocenters. The zero-order chi connectivity index (χ0) is 11.0. The van der Waals surface area contributed by atoms with Crippen LogP contribution in [-0.4, -0.2) is 12.2 Å². The summed E-state index contributed by atoms with van der Waals surface area (Å²) >= 11 is 0. The van der Waals surface area contributed by atoms with Crippen molar-refractivity contribution in [3.63, 3.8) is 0 Å². The van der Waals surface area contributed by atoms with Gasteiger partial charge in [0.05, 0.1) is 12.5 Å². The van der Waals surface area contributed by atoms with Gasteiger partial charge < -0.3 is 14.3 Å². The van der Waals surface area contributed by atoms with Crippen LogP contribution in [0.15, 0.2) is 27.4 Å². The number of ether oxygens (including phenoxy) is 1. The Balaban J connectivity index is 2.87. The van der Waals surface area contributed by atoms with Gasteiger partial charge >= 0.3 is 5.63 Å². The van der Waals surface area contributed by atoms with E-state index in [1.165, 1.54) is 19.2 Å². The van der Waals surface area contributed by atoms with Crippen molar-refractivity contribution in [3.05, 3.63) is 34.4 Å². The summed E-state index contributed by atoms with van der Waals surface area (Å²) in [5, 5.41) is 10.6. The van der Waals surface area contributed by atoms with Crippen molar-refractivity contribution in [1.29, 1.82) is 0 Å². The average Bonchev–Trinajstić information content (AvgIpc) is 2.16. The normalized spacial score (nSPS) is 10.5. The monoisotopic (exact) mass is 206 g/mol. The standard InChI is InChI=1S/C11H10O4/c1-6-3-7-4-9(12)10(14-2)5-8(7)11(13)15-6/h3-5,12H,1-2H3. The van der Waals surface area contributed by atoms with Gasteiger partial charge in [-0.05, 0) is 30.5 Å². The number of aromatic hydroxyl groups is 1. The van der Waals surface area contributed by atoms with Gasteiger partial charge in [0.15, 0.2) is 11.5 Å². The van der Waals surface area contributed by atoms with Crippen LogP contribution in [0.25, 0.3) is 10.8 Å². The molecule has 78 valence electrons. The maximum Gasteiger partial charge on any atom is 0.343 e. The Kier molecular flexibility index (Phi) is 2.11. The number of benzene rings is 1. The summed E-state index contributed by atoms with van der Waals surface area (Å²) in [4.78, 5) is 11.5. The Morgan fingerprint density at radius 2 is 2.07 bits per heavy atom. The van der Waals surface area contributed by atoms with E-state index >= 15 is 0 Å². The highest BCUT2D eigenvalue weighted by atomic mass is 16.5. The van der Waals surface area contributed by atoms with E-state index in [1.807, 2.05) is 0 Å². The minimum atomic E-state index is -0.427. The van der Waals surface area contributed by atoms with Gasteiger partial charge in [0.25, 0.3) is 0 Å². The van der Waals surface area contributed by atoms with Crippen molar-refractivity contribution in [1.82, 2.24) is 0 Å². The van der Waals surface area contributed by atoms with E-state index in [0.29, 0.717) is 16.5 Å². The summed E-state index contributed by atoms with van der Waals surface area (Å²) in [6.45, 7) is 1.68. The molecule has 0 aliphatic rings. The lowest BCUT2D eigenvalue weighted by Gasteiger charge is -2.04. The lowest BCUT2D eigenvalue weighted by molar-refractivity contribution is 0.374. The van der Waals surface area contributed by atoms with Crippen LogP contribution < -0.4 is 10.4 Å². The van der Waals surface area contributed by atoms with Gasteiger partial charge in [0.2, 0.25) is 0 Å². The van der Waals surface area contributed by atoms with E-state index in [-0.39, 0.29) is 11.5 Å². The Morgan fingerprint density at radius 3 is 2.73 bits per heavy atom. The molecule has 0 aliphatic heterocycles. The number of phenols is 1. The Labute approximate surface area is 85.7 Å². The van der Waals surface area contributed by atoms with Crippen LogP contribution in [0.5, 0.6) is 11.5 Å². The third-order valence-electron chi connectivity index (χ3n) is 2.18. The molecule has 2 aromatic rings. The summed E-state index contributed by atoms with van der Waals surface area (Å²) in [6, 6.07) is 4.64. The zero-order valence-corrected chi connectivity index (χ0v) is 8.40. The highest BCUT2D eigenvalue weighted by Crippen LogP contribution is 2.29. The second-order valence-corrected chi connectivity index (χ2v) is 3.26. The molecule has 1 aromatic heterocycles. The van der Waals surface area contributed by atoms with E-state index in [4.69, 9.17) is 9.15 Å². The van der Waals surface area contributed by atoms with Crippen molar-refractivity contribution in [2.45, 2.75) is 6.92 Å². The summed E-state index contributed by atoms with van der Waals surface area (Å²) in [5.74, 6) is 0.783. The molecule has 0 amide bonds. The smallest absolute Gasteiger partial charge is 0.343 e. The largest absolute Gasteiger partial charge is 0.504 e. The summed E-state index contributed by atoms with van der Waals surface area (Å²) in [7, 11) is 1.43. The van der Waals surface area contributed by atoms with Gasteiger partial charge in [-0.15, -0.1) is 0 Å². The fourth-order valence-corrected chi connectivity index (χ4v) is 1.49. The fourth-order valence-electron chi connectivity index (χ4n) is 1.49. The molecule has 2 rings (SSSR count). The van der Waals surface area contributed by atoms with Gasteiger partial charge in [0.1, 0.15) is 5.76 Å². The van der Waals surface area contributed by atoms with Crippen LogP contribution in [0, 0.1) is 6.92 Å². The predicted octanol–water partition coefficient (Wildman–Crippen LogP) is 1.82. The van der Waals surface area contributed by atoms with Crippen LogP contribution >= 0.6 is 0 Å². The highest BCUT2D eigenvalue weighted by Gasteiger charge is 2.08. The quantitative estimate of drug-likeness (QED) is 0.773. The third kappa shape index (κ3) is 1.54. The summed E-state index contributed by atoms with van der Waals surface area (Å²) in [6.07, 6.45) is 0. The van der Waals surface area contributed by atoms with Crippen molar-refractivity contribution >= 4 is 10.8 Å². The number of aryl methyl sites for hydroxylation is 1. The van der Waals surface area contributed by atoms with E-state index in [9.17, 15) is 9.90 Å². The number of fused-ring (bicyclic) bond motifs is 1. The van der Waals surface area contributed by atoms with Crippen molar-refractivity contribution in [2.24, 2.45) is 0 Å². The van der Waals surface area contributed by atoms with Crippen LogP contribution in [0.2, 0.25) is 0 Å². The van der Waals surface area contributed by atoms with Crippen LogP contribution in [0.3, 0.4) is 0 Å². The first-order valence-electron chi connectivity index (χ1n) is 4.43. The number of hydrogen-bond acceptors (Lipinski definition) is 4. The molecule has 0 saturated carbocycles. The summed E-state index contributed by atoms with van der Waals surface area (Å²) in [5.41, 5.74) is -0.427. The van der Waals surface area contributed by atoms with Gasteiger partial charge in [-0.3, -0.25) is 0 Å². The molecule has 0 aliphatic carbocycles. The predicted molar refractivity (Wildman–Crippen MR) is 55.4 cm³/mol. The third-order valence-corrected chi connectivity index (χ3v) is 2.18. The molecule has 0 radical (unpaired) electrons. The number of methoxy groups -OCH3 is 1. The maximum absolute atomic E-state index is 11.5. The Bertz CT molecular complexity index is 569. The fraction of sp³-hybridized carbons (Fsp3) is 0.182. The van der Waals surface area contributed by atoms with Gasteiger partial charge in [-0.2, -0.15) is 0 Å². The van der Waals surface area contributed by atoms with E-state index in [0.717, 1.165) is 0 Å². The van der Waals surface area contributed by atoms with Gasteiger partial charge in [0, 0.05) is 0 Å². The van der Waals surface area contributed by atoms with Crippen LogP contribution in [-0.2, 0) is 0 Å². The van der Waals surface area contributed by atoms with Crippen LogP contribution in [0.4, 0.5) is 0 Å². The molecule has 0 saturated heterocycles. The number of rotatable bonds is 1. The SMILES string of the molecule is COc1cc2c(=O)oc(C)cc2cc1O. The Hall–Kier alpha value is -1.97. The number of phenolic OH excluding ortho intramolecular Hbond substituents is 1. The lowest BCUT2D eigenvalue weighted by atomic mass is 10.1. The first-order valence-corrected chi connectivity index (χ1v) is 4.43. The second kappa shape index (κ2) is 3.31. The average molecular weight is 206 g/mol. The molecule has 0 atom stereocenters. The molecule has 1 N–H and O–H groups in total. The molecule has 1 heterocycles. The van der Waals surface area contributed by atoms with E-state index in [2.05, 4.69) is 0 Å². The Morgan fingerprint density at radius 1 is 1.33 bits per heavy atom. The topological polar surface area (TPSA) is 59.7 Å². The first-order chi connectivity index (χ1) is 7.11. The van der Waals surface area contributed by atoms with E-state index in [1.54, 1.807) is 13.0 Å². The van der Waals surface area contributed by atoms with Gasteiger partial charge in [-0.1, -0.05) is 0 Å². The molecule has 1 aromatic carbocycles. The molecule has 4 nitrogen and oxygen atoms in total. The molecule has 15 heavy (non-hydrogen) atoms. The maximum atomic E-state index is 11.5. The molecule has 4 heteroatoms. The minimum absolute atomic E-state index is 0.00926.